The third kappa shape index (κ3) is 4.37. The average molecular weight is 319 g/mol. The van der Waals surface area contributed by atoms with Crippen LogP contribution in [0, 0.1) is 5.92 Å². The summed E-state index contributed by atoms with van der Waals surface area (Å²) in [5, 5.41) is 15.9. The second-order valence-corrected chi connectivity index (χ2v) is 6.49. The van der Waals surface area contributed by atoms with Crippen molar-refractivity contribution in [1.82, 2.24) is 19.8 Å². The molecule has 2 heterocycles. The van der Waals surface area contributed by atoms with Crippen molar-refractivity contribution in [1.29, 1.82) is 0 Å². The number of aliphatic hydroxyl groups excluding tert-OH is 1. The molecule has 1 aromatic rings. The van der Waals surface area contributed by atoms with Crippen molar-refractivity contribution >= 4 is 29.0 Å². The number of hydrogen-bond acceptors (Lipinski definition) is 6. The Balaban J connectivity index is 1.75. The fraction of sp³-hybridized carbons (Fsp3) is 0.750. The smallest absolute Gasteiger partial charge is 0.223 e. The SMILES string of the molecule is CC(O)CNC(=O)C1CCN(Cc2nnsc2Cl)CC1. The second kappa shape index (κ2) is 7.31. The number of carbonyl (C=O) groups excluding carboxylic acids is 1. The van der Waals surface area contributed by atoms with Gasteiger partial charge in [0, 0.05) is 30.5 Å². The van der Waals surface area contributed by atoms with E-state index >= 15 is 0 Å². The molecule has 1 unspecified atom stereocenters. The van der Waals surface area contributed by atoms with Crippen molar-refractivity contribution in [2.45, 2.75) is 32.4 Å². The van der Waals surface area contributed by atoms with Gasteiger partial charge in [0.1, 0.15) is 10.0 Å². The fourth-order valence-corrected chi connectivity index (χ4v) is 2.86. The molecule has 0 radical (unpaired) electrons. The lowest BCUT2D eigenvalue weighted by atomic mass is 9.96. The van der Waals surface area contributed by atoms with Gasteiger partial charge in [-0.3, -0.25) is 9.69 Å². The minimum atomic E-state index is -0.502. The molecule has 1 fully saturated rings. The van der Waals surface area contributed by atoms with Gasteiger partial charge in [0.05, 0.1) is 6.10 Å². The Kier molecular flexibility index (Phi) is 5.71. The van der Waals surface area contributed by atoms with E-state index in [9.17, 15) is 4.79 Å². The molecule has 1 aliphatic heterocycles. The normalized spacial score (nSPS) is 18.9. The van der Waals surface area contributed by atoms with Gasteiger partial charge >= 0.3 is 0 Å². The van der Waals surface area contributed by atoms with Crippen molar-refractivity contribution in [2.75, 3.05) is 19.6 Å². The summed E-state index contributed by atoms with van der Waals surface area (Å²) in [4.78, 5) is 14.1. The standard InChI is InChI=1S/C12H19ClN4O2S/c1-8(18)6-14-12(19)9-2-4-17(5-3-9)7-10-11(13)20-16-15-10/h8-9,18H,2-7H2,1H3,(H,14,19). The average Bonchev–Trinajstić information content (AvgIpc) is 2.82. The molecule has 0 aromatic carbocycles. The highest BCUT2D eigenvalue weighted by molar-refractivity contribution is 7.10. The minimum Gasteiger partial charge on any atom is -0.392 e. The predicted octanol–water partition coefficient (Wildman–Crippen LogP) is 0.900. The van der Waals surface area contributed by atoms with Crippen LogP contribution in [0.5, 0.6) is 0 Å². The topological polar surface area (TPSA) is 78.4 Å². The molecule has 112 valence electrons. The van der Waals surface area contributed by atoms with Crippen LogP contribution >= 0.6 is 23.1 Å². The van der Waals surface area contributed by atoms with Gasteiger partial charge in [-0.05, 0) is 32.9 Å². The van der Waals surface area contributed by atoms with Crippen molar-refractivity contribution < 1.29 is 9.90 Å². The van der Waals surface area contributed by atoms with E-state index in [1.54, 1.807) is 6.92 Å². The third-order valence-electron chi connectivity index (χ3n) is 3.41. The zero-order chi connectivity index (χ0) is 14.5. The number of halogens is 1. The number of carbonyl (C=O) groups is 1. The lowest BCUT2D eigenvalue weighted by Crippen LogP contribution is -2.41. The lowest BCUT2D eigenvalue weighted by molar-refractivity contribution is -0.126. The van der Waals surface area contributed by atoms with Crippen molar-refractivity contribution in [3.63, 3.8) is 0 Å². The Bertz CT molecular complexity index is 446. The summed E-state index contributed by atoms with van der Waals surface area (Å²) in [5.74, 6) is 0.0768. The Labute approximate surface area is 127 Å². The summed E-state index contributed by atoms with van der Waals surface area (Å²) in [7, 11) is 0. The highest BCUT2D eigenvalue weighted by Crippen LogP contribution is 2.22. The monoisotopic (exact) mass is 318 g/mol. The quantitative estimate of drug-likeness (QED) is 0.843. The Hall–Kier alpha value is -0.760. The van der Waals surface area contributed by atoms with Gasteiger partial charge in [-0.1, -0.05) is 16.1 Å². The molecular formula is C12H19ClN4O2S. The summed E-state index contributed by atoms with van der Waals surface area (Å²) < 4.78 is 4.46. The maximum absolute atomic E-state index is 11.9. The van der Waals surface area contributed by atoms with Gasteiger partial charge in [0.25, 0.3) is 0 Å². The molecule has 6 nitrogen and oxygen atoms in total. The number of piperidine rings is 1. The van der Waals surface area contributed by atoms with Crippen LogP contribution in [0.4, 0.5) is 0 Å². The zero-order valence-corrected chi connectivity index (χ0v) is 13.0. The molecule has 1 atom stereocenters. The van der Waals surface area contributed by atoms with E-state index in [2.05, 4.69) is 19.8 Å². The molecule has 0 aliphatic carbocycles. The molecular weight excluding hydrogens is 300 g/mol. The van der Waals surface area contributed by atoms with Crippen LogP contribution in [0.15, 0.2) is 0 Å². The van der Waals surface area contributed by atoms with Gasteiger partial charge in [-0.15, -0.1) is 5.10 Å². The maximum Gasteiger partial charge on any atom is 0.223 e. The van der Waals surface area contributed by atoms with Gasteiger partial charge in [-0.2, -0.15) is 0 Å². The van der Waals surface area contributed by atoms with Crippen LogP contribution in [0.1, 0.15) is 25.5 Å². The first-order chi connectivity index (χ1) is 9.56. The van der Waals surface area contributed by atoms with Gasteiger partial charge in [0.2, 0.25) is 5.91 Å². The molecule has 1 aromatic heterocycles. The van der Waals surface area contributed by atoms with Crippen molar-refractivity contribution in [2.24, 2.45) is 5.92 Å². The lowest BCUT2D eigenvalue weighted by Gasteiger charge is -2.30. The molecule has 0 bridgehead atoms. The minimum absolute atomic E-state index is 0.0361. The Morgan fingerprint density at radius 3 is 2.85 bits per heavy atom. The van der Waals surface area contributed by atoms with E-state index in [1.807, 2.05) is 0 Å². The van der Waals surface area contributed by atoms with Crippen LogP contribution < -0.4 is 5.32 Å². The van der Waals surface area contributed by atoms with Crippen LogP contribution in [0.3, 0.4) is 0 Å². The first kappa shape index (κ1) is 15.6. The maximum atomic E-state index is 11.9. The highest BCUT2D eigenvalue weighted by Gasteiger charge is 2.25. The van der Waals surface area contributed by atoms with Gasteiger partial charge < -0.3 is 10.4 Å². The summed E-state index contributed by atoms with van der Waals surface area (Å²) >= 11 is 7.19. The number of nitrogens with one attached hydrogen (secondary N) is 1. The first-order valence-corrected chi connectivity index (χ1v) is 7.86. The van der Waals surface area contributed by atoms with E-state index in [4.69, 9.17) is 16.7 Å². The molecule has 8 heteroatoms. The molecule has 1 amide bonds. The van der Waals surface area contributed by atoms with Crippen LogP contribution in [0.25, 0.3) is 0 Å². The number of aliphatic hydroxyl groups is 1. The molecule has 1 aliphatic rings. The van der Waals surface area contributed by atoms with E-state index in [1.165, 1.54) is 11.5 Å². The highest BCUT2D eigenvalue weighted by atomic mass is 35.5. The van der Waals surface area contributed by atoms with E-state index in [-0.39, 0.29) is 11.8 Å². The third-order valence-corrected chi connectivity index (χ3v) is 4.40. The van der Waals surface area contributed by atoms with E-state index in [0.29, 0.717) is 17.4 Å². The van der Waals surface area contributed by atoms with E-state index < -0.39 is 6.10 Å². The van der Waals surface area contributed by atoms with Crippen LogP contribution in [0.2, 0.25) is 4.34 Å². The molecule has 1 saturated heterocycles. The predicted molar refractivity (Wildman–Crippen MR) is 77.6 cm³/mol. The summed E-state index contributed by atoms with van der Waals surface area (Å²) in [6.45, 7) is 4.37. The summed E-state index contributed by atoms with van der Waals surface area (Å²) in [5.41, 5.74) is 0.814. The van der Waals surface area contributed by atoms with E-state index in [0.717, 1.165) is 31.6 Å². The molecule has 2 rings (SSSR count). The molecule has 2 N–H and O–H groups in total. The summed E-state index contributed by atoms with van der Waals surface area (Å²) in [6, 6.07) is 0. The fourth-order valence-electron chi connectivity index (χ4n) is 2.25. The van der Waals surface area contributed by atoms with Crippen LogP contribution in [-0.2, 0) is 11.3 Å². The number of amides is 1. The Morgan fingerprint density at radius 1 is 1.60 bits per heavy atom. The number of hydrogen-bond donors (Lipinski definition) is 2. The van der Waals surface area contributed by atoms with Crippen LogP contribution in [-0.4, -0.2) is 51.2 Å². The number of aromatic nitrogens is 2. The van der Waals surface area contributed by atoms with Gasteiger partial charge in [0.15, 0.2) is 0 Å². The second-order valence-electron chi connectivity index (χ2n) is 5.14. The first-order valence-electron chi connectivity index (χ1n) is 6.71. The van der Waals surface area contributed by atoms with Crippen molar-refractivity contribution in [3.8, 4) is 0 Å². The summed E-state index contributed by atoms with van der Waals surface area (Å²) in [6.07, 6.45) is 1.14. The number of nitrogens with zero attached hydrogens (tertiary/aromatic N) is 3. The molecule has 0 spiro atoms. The number of rotatable bonds is 5. The van der Waals surface area contributed by atoms with Crippen molar-refractivity contribution in [3.05, 3.63) is 10.0 Å². The zero-order valence-electron chi connectivity index (χ0n) is 11.4. The molecule has 20 heavy (non-hydrogen) atoms. The Morgan fingerprint density at radius 2 is 2.30 bits per heavy atom. The van der Waals surface area contributed by atoms with Gasteiger partial charge in [-0.25, -0.2) is 0 Å². The molecule has 0 saturated carbocycles. The number of likely N-dealkylation sites (tertiary alicyclic amines) is 1. The largest absolute Gasteiger partial charge is 0.392 e.